The molecule has 0 aliphatic carbocycles. The van der Waals surface area contributed by atoms with E-state index in [2.05, 4.69) is 0 Å². The molecule has 0 bridgehead atoms. The number of rotatable bonds is 2. The van der Waals surface area contributed by atoms with Crippen LogP contribution in [0.3, 0.4) is 0 Å². The molecule has 0 radical (unpaired) electrons. The predicted octanol–water partition coefficient (Wildman–Crippen LogP) is 0.473. The third-order valence-electron chi connectivity index (χ3n) is 2.09. The maximum Gasteiger partial charge on any atom is 0.131 e. The van der Waals surface area contributed by atoms with Gasteiger partial charge in [-0.05, 0) is 19.8 Å². The molecule has 0 aromatic heterocycles. The molecule has 1 heterocycles. The van der Waals surface area contributed by atoms with Crippen molar-refractivity contribution in [2.75, 3.05) is 13.2 Å². The second-order valence-corrected chi connectivity index (χ2v) is 3.35. The number of hydrogen-bond donors (Lipinski definition) is 1. The Morgan fingerprint density at radius 3 is 2.55 bits per heavy atom. The van der Waals surface area contributed by atoms with Crippen LogP contribution in [0, 0.1) is 0 Å². The molecule has 3 nitrogen and oxygen atoms in total. The summed E-state index contributed by atoms with van der Waals surface area (Å²) < 4.78 is 5.16. The van der Waals surface area contributed by atoms with Gasteiger partial charge in [0.15, 0.2) is 0 Å². The molecule has 11 heavy (non-hydrogen) atoms. The Bertz CT molecular complexity index is 150. The molecule has 0 atom stereocenters. The van der Waals surface area contributed by atoms with Crippen LogP contribution in [0.2, 0.25) is 0 Å². The van der Waals surface area contributed by atoms with E-state index in [9.17, 15) is 4.79 Å². The Labute approximate surface area is 66.9 Å². The summed E-state index contributed by atoms with van der Waals surface area (Å²) in [6, 6.07) is 0. The van der Waals surface area contributed by atoms with Gasteiger partial charge >= 0.3 is 0 Å². The zero-order chi connectivity index (χ0) is 8.32. The fourth-order valence-electron chi connectivity index (χ4n) is 1.45. The van der Waals surface area contributed by atoms with Crippen LogP contribution in [-0.2, 0) is 9.53 Å². The number of Topliss-reactive ketones (excluding diaryl/α,β-unsaturated/α-hetero) is 1. The highest BCUT2D eigenvalue weighted by atomic mass is 16.5. The van der Waals surface area contributed by atoms with Crippen LogP contribution in [0.5, 0.6) is 0 Å². The topological polar surface area (TPSA) is 52.3 Å². The lowest BCUT2D eigenvalue weighted by Crippen LogP contribution is -2.46. The number of ketones is 1. The van der Waals surface area contributed by atoms with Crippen LogP contribution in [0.4, 0.5) is 0 Å². The first-order valence-electron chi connectivity index (χ1n) is 3.98. The van der Waals surface area contributed by atoms with Crippen LogP contribution in [-0.4, -0.2) is 24.5 Å². The van der Waals surface area contributed by atoms with Gasteiger partial charge < -0.3 is 10.5 Å². The molecule has 0 aromatic rings. The molecule has 1 rings (SSSR count). The molecule has 0 saturated carbocycles. The maximum atomic E-state index is 10.8. The van der Waals surface area contributed by atoms with Crippen molar-refractivity contribution in [1.82, 2.24) is 0 Å². The second kappa shape index (κ2) is 3.32. The van der Waals surface area contributed by atoms with Crippen molar-refractivity contribution in [3.05, 3.63) is 0 Å². The first-order valence-corrected chi connectivity index (χ1v) is 3.98. The quantitative estimate of drug-likeness (QED) is 0.634. The highest BCUT2D eigenvalue weighted by Gasteiger charge is 2.28. The van der Waals surface area contributed by atoms with E-state index < -0.39 is 0 Å². The zero-order valence-corrected chi connectivity index (χ0v) is 6.93. The minimum Gasteiger partial charge on any atom is -0.381 e. The lowest BCUT2D eigenvalue weighted by molar-refractivity contribution is -0.118. The Kier molecular flexibility index (Phi) is 2.62. The first kappa shape index (κ1) is 8.68. The van der Waals surface area contributed by atoms with E-state index in [0.29, 0.717) is 19.6 Å². The van der Waals surface area contributed by atoms with Gasteiger partial charge in [-0.15, -0.1) is 0 Å². The number of nitrogens with two attached hydrogens (primary N) is 1. The number of carbonyl (C=O) groups is 1. The van der Waals surface area contributed by atoms with Gasteiger partial charge in [-0.1, -0.05) is 0 Å². The van der Waals surface area contributed by atoms with Crippen LogP contribution >= 0.6 is 0 Å². The molecule has 0 aromatic carbocycles. The van der Waals surface area contributed by atoms with Gasteiger partial charge in [0, 0.05) is 25.2 Å². The van der Waals surface area contributed by atoms with Gasteiger partial charge in [0.1, 0.15) is 5.78 Å². The van der Waals surface area contributed by atoms with E-state index >= 15 is 0 Å². The Morgan fingerprint density at radius 2 is 2.09 bits per heavy atom. The SMILES string of the molecule is CC(=O)CC1(N)CCOCC1. The lowest BCUT2D eigenvalue weighted by Gasteiger charge is -2.32. The van der Waals surface area contributed by atoms with E-state index in [1.807, 2.05) is 0 Å². The Balaban J connectivity index is 2.43. The molecule has 0 amide bonds. The van der Waals surface area contributed by atoms with E-state index in [-0.39, 0.29) is 11.3 Å². The summed E-state index contributed by atoms with van der Waals surface area (Å²) in [7, 11) is 0. The van der Waals surface area contributed by atoms with Crippen molar-refractivity contribution in [1.29, 1.82) is 0 Å². The van der Waals surface area contributed by atoms with Gasteiger partial charge in [0.2, 0.25) is 0 Å². The molecule has 1 saturated heterocycles. The van der Waals surface area contributed by atoms with Gasteiger partial charge in [-0.2, -0.15) is 0 Å². The van der Waals surface area contributed by atoms with Crippen LogP contribution in [0.15, 0.2) is 0 Å². The van der Waals surface area contributed by atoms with Crippen molar-refractivity contribution in [2.45, 2.75) is 31.7 Å². The van der Waals surface area contributed by atoms with Gasteiger partial charge in [0.05, 0.1) is 0 Å². The van der Waals surface area contributed by atoms with Crippen LogP contribution in [0.1, 0.15) is 26.2 Å². The molecule has 0 spiro atoms. The second-order valence-electron chi connectivity index (χ2n) is 3.35. The summed E-state index contributed by atoms with van der Waals surface area (Å²) in [6.07, 6.45) is 2.12. The van der Waals surface area contributed by atoms with Crippen molar-refractivity contribution < 1.29 is 9.53 Å². The largest absolute Gasteiger partial charge is 0.381 e. The average molecular weight is 157 g/mol. The third kappa shape index (κ3) is 2.60. The van der Waals surface area contributed by atoms with Crippen molar-refractivity contribution in [3.8, 4) is 0 Å². The average Bonchev–Trinajstić information content (AvgIpc) is 1.85. The molecule has 1 aliphatic heterocycles. The van der Waals surface area contributed by atoms with Crippen LogP contribution in [0.25, 0.3) is 0 Å². The molecule has 2 N–H and O–H groups in total. The standard InChI is InChI=1S/C8H15NO2/c1-7(10)6-8(9)2-4-11-5-3-8/h2-6,9H2,1H3. The molecule has 3 heteroatoms. The summed E-state index contributed by atoms with van der Waals surface area (Å²) in [6.45, 7) is 2.98. The minimum absolute atomic E-state index is 0.175. The number of carbonyl (C=O) groups excluding carboxylic acids is 1. The van der Waals surface area contributed by atoms with E-state index in [1.165, 1.54) is 0 Å². The summed E-state index contributed by atoms with van der Waals surface area (Å²) in [5.74, 6) is 0.175. The highest BCUT2D eigenvalue weighted by Crippen LogP contribution is 2.21. The lowest BCUT2D eigenvalue weighted by atomic mass is 9.86. The zero-order valence-electron chi connectivity index (χ0n) is 6.93. The Hall–Kier alpha value is -0.410. The molecular formula is C8H15NO2. The minimum atomic E-state index is -0.274. The molecular weight excluding hydrogens is 142 g/mol. The fraction of sp³-hybridized carbons (Fsp3) is 0.875. The predicted molar refractivity (Wildman–Crippen MR) is 42.3 cm³/mol. The fourth-order valence-corrected chi connectivity index (χ4v) is 1.45. The van der Waals surface area contributed by atoms with E-state index in [4.69, 9.17) is 10.5 Å². The molecule has 1 aliphatic rings. The maximum absolute atomic E-state index is 10.8. The first-order chi connectivity index (χ1) is 5.12. The van der Waals surface area contributed by atoms with Gasteiger partial charge in [-0.25, -0.2) is 0 Å². The smallest absolute Gasteiger partial charge is 0.131 e. The molecule has 1 fully saturated rings. The van der Waals surface area contributed by atoms with Crippen molar-refractivity contribution >= 4 is 5.78 Å². The highest BCUT2D eigenvalue weighted by molar-refractivity contribution is 5.76. The van der Waals surface area contributed by atoms with Gasteiger partial charge in [-0.3, -0.25) is 4.79 Å². The number of ether oxygens (including phenoxy) is 1. The third-order valence-corrected chi connectivity index (χ3v) is 2.09. The normalized spacial score (nSPS) is 23.1. The van der Waals surface area contributed by atoms with Crippen molar-refractivity contribution in [3.63, 3.8) is 0 Å². The van der Waals surface area contributed by atoms with Crippen molar-refractivity contribution in [2.24, 2.45) is 5.73 Å². The summed E-state index contributed by atoms with van der Waals surface area (Å²) in [4.78, 5) is 10.8. The summed E-state index contributed by atoms with van der Waals surface area (Å²) in [5.41, 5.74) is 5.69. The monoisotopic (exact) mass is 157 g/mol. The van der Waals surface area contributed by atoms with E-state index in [1.54, 1.807) is 6.92 Å². The molecule has 0 unspecified atom stereocenters. The summed E-state index contributed by atoms with van der Waals surface area (Å²) in [5, 5.41) is 0. The Morgan fingerprint density at radius 1 is 1.55 bits per heavy atom. The summed E-state index contributed by atoms with van der Waals surface area (Å²) >= 11 is 0. The van der Waals surface area contributed by atoms with Gasteiger partial charge in [0.25, 0.3) is 0 Å². The number of hydrogen-bond acceptors (Lipinski definition) is 3. The van der Waals surface area contributed by atoms with Crippen LogP contribution < -0.4 is 5.73 Å². The van der Waals surface area contributed by atoms with E-state index in [0.717, 1.165) is 12.8 Å². The molecule has 64 valence electrons.